The Labute approximate surface area is 284 Å². The summed E-state index contributed by atoms with van der Waals surface area (Å²) in [6.07, 6.45) is 47.4. The Hall–Kier alpha value is -1.98. The van der Waals surface area contributed by atoms with Gasteiger partial charge in [-0.05, 0) is 83.5 Å². The minimum Gasteiger partial charge on any atom is -0.462 e. The van der Waals surface area contributed by atoms with Crippen LogP contribution in [0.1, 0.15) is 212 Å². The Morgan fingerprint density at radius 2 is 1.00 bits per heavy atom. The summed E-state index contributed by atoms with van der Waals surface area (Å²) in [6, 6.07) is 0. The van der Waals surface area contributed by atoms with E-state index in [0.717, 1.165) is 25.7 Å². The molecule has 0 radical (unpaired) electrons. The molecule has 0 unspecified atom stereocenters. The predicted octanol–water partition coefficient (Wildman–Crippen LogP) is 12.5. The van der Waals surface area contributed by atoms with Crippen molar-refractivity contribution in [3.05, 3.63) is 30.1 Å². The second-order valence-corrected chi connectivity index (χ2v) is 13.5. The van der Waals surface area contributed by atoms with Gasteiger partial charge in [-0.15, -0.1) is 10.2 Å². The van der Waals surface area contributed by atoms with Crippen molar-refractivity contribution in [1.29, 1.82) is 0 Å². The second kappa shape index (κ2) is 34.4. The van der Waals surface area contributed by atoms with Crippen molar-refractivity contribution in [2.24, 2.45) is 0 Å². The maximum Gasteiger partial charge on any atom is 0.306 e. The van der Waals surface area contributed by atoms with Gasteiger partial charge in [0.25, 0.3) is 0 Å². The van der Waals surface area contributed by atoms with E-state index in [-0.39, 0.29) is 12.1 Å². The van der Waals surface area contributed by atoms with Crippen LogP contribution >= 0.6 is 0 Å². The van der Waals surface area contributed by atoms with E-state index in [1.165, 1.54) is 154 Å². The fourth-order valence-electron chi connectivity index (χ4n) is 6.07. The number of hydrogen-bond donors (Lipinski definition) is 1. The molecular weight excluding hydrogens is 568 g/mol. The van der Waals surface area contributed by atoms with Crippen LogP contribution in [0.5, 0.6) is 0 Å². The van der Waals surface area contributed by atoms with Crippen LogP contribution in [0.25, 0.3) is 0 Å². The zero-order valence-corrected chi connectivity index (χ0v) is 30.5. The topological polar surface area (TPSA) is 80.8 Å². The molecule has 0 saturated carbocycles. The monoisotopic (exact) mass is 643 g/mol. The molecule has 0 atom stereocenters. The summed E-state index contributed by atoms with van der Waals surface area (Å²) in [7, 11) is 0. The van der Waals surface area contributed by atoms with Crippen molar-refractivity contribution in [3.8, 4) is 0 Å². The maximum atomic E-state index is 12.6. The number of aryl methyl sites for hydroxylation is 1. The van der Waals surface area contributed by atoms with Crippen LogP contribution in [0.4, 0.5) is 0 Å². The van der Waals surface area contributed by atoms with E-state index < -0.39 is 0 Å². The molecule has 0 aromatic carbocycles. The average molecular weight is 643 g/mol. The lowest BCUT2D eigenvalue weighted by molar-refractivity contribution is -0.150. The van der Waals surface area contributed by atoms with Crippen molar-refractivity contribution < 1.29 is 9.53 Å². The Kier molecular flexibility index (Phi) is 31.4. The molecule has 6 nitrogen and oxygen atoms in total. The highest BCUT2D eigenvalue weighted by Gasteiger charge is 2.14. The predicted molar refractivity (Wildman–Crippen MR) is 196 cm³/mol. The number of unbranched alkanes of at least 4 members (excludes halogenated alkanes) is 22. The number of tetrazole rings is 1. The van der Waals surface area contributed by atoms with Gasteiger partial charge < -0.3 is 4.74 Å². The van der Waals surface area contributed by atoms with Crippen molar-refractivity contribution in [2.75, 3.05) is 0 Å². The van der Waals surface area contributed by atoms with Crippen LogP contribution in [0.3, 0.4) is 0 Å². The smallest absolute Gasteiger partial charge is 0.306 e. The lowest BCUT2D eigenvalue weighted by Gasteiger charge is -2.18. The lowest BCUT2D eigenvalue weighted by atomic mass is 10.0. The highest BCUT2D eigenvalue weighted by Crippen LogP contribution is 2.18. The number of esters is 1. The third kappa shape index (κ3) is 29.4. The number of ether oxygens (including phenoxy) is 1. The standard InChI is InChI=1S/C40H74N4O2/c1-3-5-7-9-11-13-15-17-19-21-23-25-27-29-31-34-38(46-40(45)37-33-36-39-41-43-44-42-39)35-32-30-28-26-24-22-20-18-16-14-12-10-8-6-4-2/h17-20,38H,3-16,21-37H2,1-2H3,(H,41,42,43,44)/b19-17-,20-18-. The van der Waals surface area contributed by atoms with E-state index in [1.54, 1.807) is 0 Å². The van der Waals surface area contributed by atoms with Crippen molar-refractivity contribution in [2.45, 2.75) is 219 Å². The summed E-state index contributed by atoms with van der Waals surface area (Å²) in [5.41, 5.74) is 0. The quantitative estimate of drug-likeness (QED) is 0.0452. The fourth-order valence-corrected chi connectivity index (χ4v) is 6.07. The zero-order chi connectivity index (χ0) is 33.0. The minimum atomic E-state index is -0.0750. The van der Waals surface area contributed by atoms with Gasteiger partial charge in [-0.25, -0.2) is 0 Å². The molecule has 1 N–H and O–H groups in total. The largest absolute Gasteiger partial charge is 0.462 e. The number of nitrogens with one attached hydrogen (secondary N) is 1. The van der Waals surface area contributed by atoms with E-state index in [9.17, 15) is 4.79 Å². The second-order valence-electron chi connectivity index (χ2n) is 13.5. The molecule has 0 bridgehead atoms. The number of carbonyl (C=O) groups is 1. The van der Waals surface area contributed by atoms with Gasteiger partial charge in [-0.1, -0.05) is 146 Å². The number of nitrogens with zero attached hydrogens (tertiary/aromatic N) is 3. The first kappa shape index (κ1) is 42.0. The van der Waals surface area contributed by atoms with Gasteiger partial charge in [0, 0.05) is 12.8 Å². The summed E-state index contributed by atoms with van der Waals surface area (Å²) in [5, 5.41) is 14.0. The Morgan fingerprint density at radius 3 is 1.41 bits per heavy atom. The summed E-state index contributed by atoms with van der Waals surface area (Å²) in [4.78, 5) is 12.6. The molecule has 46 heavy (non-hydrogen) atoms. The number of aromatic amines is 1. The Balaban J connectivity index is 2.15. The highest BCUT2D eigenvalue weighted by atomic mass is 16.5. The fraction of sp³-hybridized carbons (Fsp3) is 0.850. The van der Waals surface area contributed by atoms with Gasteiger partial charge in [-0.2, -0.15) is 5.21 Å². The molecule has 266 valence electrons. The number of carbonyl (C=O) groups excluding carboxylic acids is 1. The molecule has 0 spiro atoms. The maximum absolute atomic E-state index is 12.6. The molecule has 0 fully saturated rings. The summed E-state index contributed by atoms with van der Waals surface area (Å²) in [5.74, 6) is 0.583. The number of rotatable bonds is 35. The van der Waals surface area contributed by atoms with Crippen LogP contribution in [0.2, 0.25) is 0 Å². The molecule has 6 heteroatoms. The number of allylic oxidation sites excluding steroid dienone is 4. The van der Waals surface area contributed by atoms with Gasteiger partial charge in [0.1, 0.15) is 6.10 Å². The SMILES string of the molecule is CCCCCCCC/C=C\CCCCCCCC(CCCCCCC/C=C\CCCCCCCC)OC(=O)CCCc1nn[nH]n1. The van der Waals surface area contributed by atoms with Gasteiger partial charge in [0.05, 0.1) is 0 Å². The number of aromatic nitrogens is 4. The first-order valence-electron chi connectivity index (χ1n) is 20.0. The molecule has 0 aliphatic carbocycles. The van der Waals surface area contributed by atoms with Crippen molar-refractivity contribution in [1.82, 2.24) is 20.6 Å². The summed E-state index contributed by atoms with van der Waals surface area (Å²) in [6.45, 7) is 4.56. The first-order valence-corrected chi connectivity index (χ1v) is 20.0. The van der Waals surface area contributed by atoms with Crippen LogP contribution < -0.4 is 0 Å². The molecule has 0 amide bonds. The van der Waals surface area contributed by atoms with E-state index in [0.29, 0.717) is 25.1 Å². The minimum absolute atomic E-state index is 0.0625. The van der Waals surface area contributed by atoms with Crippen molar-refractivity contribution in [3.63, 3.8) is 0 Å². The normalized spacial score (nSPS) is 11.9. The first-order chi connectivity index (χ1) is 22.8. The molecule has 0 saturated heterocycles. The van der Waals surface area contributed by atoms with Crippen LogP contribution in [-0.4, -0.2) is 32.7 Å². The van der Waals surface area contributed by atoms with Gasteiger partial charge in [-0.3, -0.25) is 4.79 Å². The van der Waals surface area contributed by atoms with E-state index in [1.807, 2.05) is 0 Å². The number of hydrogen-bond acceptors (Lipinski definition) is 5. The molecule has 1 rings (SSSR count). The van der Waals surface area contributed by atoms with Crippen LogP contribution in [0.15, 0.2) is 24.3 Å². The van der Waals surface area contributed by atoms with E-state index >= 15 is 0 Å². The average Bonchev–Trinajstić information content (AvgIpc) is 3.58. The third-order valence-corrected chi connectivity index (χ3v) is 9.04. The highest BCUT2D eigenvalue weighted by molar-refractivity contribution is 5.69. The molecule has 1 aromatic heterocycles. The summed E-state index contributed by atoms with van der Waals surface area (Å²) >= 11 is 0. The summed E-state index contributed by atoms with van der Waals surface area (Å²) < 4.78 is 5.99. The van der Waals surface area contributed by atoms with Gasteiger partial charge in [0.2, 0.25) is 0 Å². The Bertz CT molecular complexity index is 768. The zero-order valence-electron chi connectivity index (χ0n) is 30.5. The van der Waals surface area contributed by atoms with E-state index in [2.05, 4.69) is 58.8 Å². The molecule has 0 aliphatic heterocycles. The van der Waals surface area contributed by atoms with Crippen LogP contribution in [0, 0.1) is 0 Å². The third-order valence-electron chi connectivity index (χ3n) is 9.04. The number of H-pyrrole nitrogens is 1. The van der Waals surface area contributed by atoms with Crippen molar-refractivity contribution >= 4 is 5.97 Å². The molecular formula is C40H74N4O2. The van der Waals surface area contributed by atoms with Gasteiger partial charge >= 0.3 is 5.97 Å². The molecule has 0 aliphatic rings. The molecule has 1 aromatic rings. The van der Waals surface area contributed by atoms with E-state index in [4.69, 9.17) is 4.74 Å². The molecule has 1 heterocycles. The Morgan fingerprint density at radius 1 is 0.587 bits per heavy atom. The van der Waals surface area contributed by atoms with Gasteiger partial charge in [0.15, 0.2) is 5.82 Å². The van der Waals surface area contributed by atoms with Crippen LogP contribution in [-0.2, 0) is 16.0 Å². The lowest BCUT2D eigenvalue weighted by Crippen LogP contribution is -2.18.